The monoisotopic (exact) mass is 338 g/mol. The smallest absolute Gasteiger partial charge is 0.254 e. The van der Waals surface area contributed by atoms with Gasteiger partial charge in [0.15, 0.2) is 0 Å². The molecule has 0 aliphatic heterocycles. The lowest BCUT2D eigenvalue weighted by atomic mass is 10.1. The molecule has 0 aliphatic rings. The number of nitrogens with two attached hydrogens (primary N) is 1. The third kappa shape index (κ3) is 5.08. The van der Waals surface area contributed by atoms with E-state index in [4.69, 9.17) is 10.5 Å². The van der Waals surface area contributed by atoms with Gasteiger partial charge in [-0.3, -0.25) is 4.79 Å². The van der Waals surface area contributed by atoms with Gasteiger partial charge in [0.25, 0.3) is 5.91 Å². The molecule has 0 bridgehead atoms. The Hall–Kier alpha value is -2.81. The molecular weight excluding hydrogens is 316 g/mol. The van der Waals surface area contributed by atoms with Crippen LogP contribution in [0.2, 0.25) is 0 Å². The molecule has 0 atom stereocenters. The van der Waals surface area contributed by atoms with E-state index in [1.54, 1.807) is 30.2 Å². The number of amides is 1. The molecular formula is C20H22N2O3. The standard InChI is InChI=1S/C20H22N2O3/c1-25-19-10-9-18(14-17(19)8-5-11-21)20(24)22(12-13-23)15-16-6-3-2-4-7-16/h2-4,6-7,9-10,14,23H,11-13,15,21H2,1H3. The minimum absolute atomic E-state index is 0.103. The Kier molecular flexibility index (Phi) is 7.02. The van der Waals surface area contributed by atoms with Crippen molar-refractivity contribution in [3.8, 4) is 17.6 Å². The molecule has 25 heavy (non-hydrogen) atoms. The molecule has 2 aromatic carbocycles. The SMILES string of the molecule is COc1ccc(C(=O)N(CCO)Cc2ccccc2)cc1C#CCN. The first-order valence-electron chi connectivity index (χ1n) is 8.00. The number of hydrogen-bond acceptors (Lipinski definition) is 4. The zero-order valence-electron chi connectivity index (χ0n) is 14.2. The van der Waals surface area contributed by atoms with Gasteiger partial charge in [0.1, 0.15) is 5.75 Å². The van der Waals surface area contributed by atoms with Gasteiger partial charge in [-0.15, -0.1) is 0 Å². The summed E-state index contributed by atoms with van der Waals surface area (Å²) in [5.74, 6) is 6.11. The Labute approximate surface area is 148 Å². The van der Waals surface area contributed by atoms with Crippen LogP contribution in [0.3, 0.4) is 0 Å². The predicted octanol–water partition coefficient (Wildman–Crippen LogP) is 1.64. The fourth-order valence-corrected chi connectivity index (χ4v) is 2.44. The second-order valence-corrected chi connectivity index (χ2v) is 5.36. The van der Waals surface area contributed by atoms with Gasteiger partial charge in [-0.1, -0.05) is 42.2 Å². The summed E-state index contributed by atoms with van der Waals surface area (Å²) in [6.07, 6.45) is 0. The van der Waals surface area contributed by atoms with Crippen LogP contribution in [0.25, 0.3) is 0 Å². The summed E-state index contributed by atoms with van der Waals surface area (Å²) in [5.41, 5.74) is 7.53. The van der Waals surface area contributed by atoms with Crippen molar-refractivity contribution in [3.63, 3.8) is 0 Å². The molecule has 0 heterocycles. The minimum atomic E-state index is -0.170. The lowest BCUT2D eigenvalue weighted by Crippen LogP contribution is -2.33. The lowest BCUT2D eigenvalue weighted by Gasteiger charge is -2.22. The molecule has 0 aromatic heterocycles. The zero-order chi connectivity index (χ0) is 18.1. The maximum atomic E-state index is 12.9. The summed E-state index contributed by atoms with van der Waals surface area (Å²) in [5, 5.41) is 9.31. The number of benzene rings is 2. The Morgan fingerprint density at radius 1 is 1.24 bits per heavy atom. The van der Waals surface area contributed by atoms with Gasteiger partial charge in [-0.25, -0.2) is 0 Å². The van der Waals surface area contributed by atoms with Crippen LogP contribution in [0.15, 0.2) is 48.5 Å². The van der Waals surface area contributed by atoms with Crippen LogP contribution in [-0.2, 0) is 6.54 Å². The van der Waals surface area contributed by atoms with Crippen molar-refractivity contribution in [2.24, 2.45) is 5.73 Å². The van der Waals surface area contributed by atoms with Crippen molar-refractivity contribution < 1.29 is 14.6 Å². The fourth-order valence-electron chi connectivity index (χ4n) is 2.44. The van der Waals surface area contributed by atoms with Crippen LogP contribution in [0.1, 0.15) is 21.5 Å². The number of carbonyl (C=O) groups is 1. The Morgan fingerprint density at radius 2 is 2.00 bits per heavy atom. The summed E-state index contributed by atoms with van der Waals surface area (Å²) in [6.45, 7) is 0.806. The van der Waals surface area contributed by atoms with Crippen molar-refractivity contribution in [2.75, 3.05) is 26.8 Å². The normalized spacial score (nSPS) is 9.88. The van der Waals surface area contributed by atoms with E-state index >= 15 is 0 Å². The third-order valence-electron chi connectivity index (χ3n) is 3.64. The molecule has 3 N–H and O–H groups in total. The number of ether oxygens (including phenoxy) is 1. The number of methoxy groups -OCH3 is 1. The molecule has 0 saturated heterocycles. The predicted molar refractivity (Wildman–Crippen MR) is 97.2 cm³/mol. The van der Waals surface area contributed by atoms with Gasteiger partial charge in [-0.05, 0) is 23.8 Å². The first-order valence-corrected chi connectivity index (χ1v) is 8.00. The van der Waals surface area contributed by atoms with E-state index in [0.717, 1.165) is 5.56 Å². The van der Waals surface area contributed by atoms with E-state index in [1.165, 1.54) is 0 Å². The van der Waals surface area contributed by atoms with E-state index in [9.17, 15) is 9.90 Å². The van der Waals surface area contributed by atoms with Gasteiger partial charge in [0, 0.05) is 18.7 Å². The van der Waals surface area contributed by atoms with Crippen molar-refractivity contribution in [3.05, 3.63) is 65.2 Å². The molecule has 0 spiro atoms. The number of aliphatic hydroxyl groups is 1. The Morgan fingerprint density at radius 3 is 2.64 bits per heavy atom. The first kappa shape index (κ1) is 18.5. The maximum absolute atomic E-state index is 12.9. The van der Waals surface area contributed by atoms with E-state index in [0.29, 0.717) is 23.4 Å². The van der Waals surface area contributed by atoms with Crippen molar-refractivity contribution >= 4 is 5.91 Å². The van der Waals surface area contributed by atoms with Gasteiger partial charge in [-0.2, -0.15) is 0 Å². The van der Waals surface area contributed by atoms with E-state index in [-0.39, 0.29) is 25.6 Å². The molecule has 0 saturated carbocycles. The van der Waals surface area contributed by atoms with Gasteiger partial charge in [0.05, 0.1) is 25.8 Å². The first-order chi connectivity index (χ1) is 12.2. The third-order valence-corrected chi connectivity index (χ3v) is 3.64. The maximum Gasteiger partial charge on any atom is 0.254 e. The fraction of sp³-hybridized carbons (Fsp3) is 0.250. The highest BCUT2D eigenvalue weighted by Gasteiger charge is 2.17. The van der Waals surface area contributed by atoms with Gasteiger partial charge in [0.2, 0.25) is 0 Å². The van der Waals surface area contributed by atoms with E-state index < -0.39 is 0 Å². The summed E-state index contributed by atoms with van der Waals surface area (Å²) in [7, 11) is 1.55. The second kappa shape index (κ2) is 9.48. The van der Waals surface area contributed by atoms with Crippen molar-refractivity contribution in [2.45, 2.75) is 6.54 Å². The largest absolute Gasteiger partial charge is 0.495 e. The molecule has 2 rings (SSSR count). The molecule has 2 aromatic rings. The van der Waals surface area contributed by atoms with Gasteiger partial charge >= 0.3 is 0 Å². The number of hydrogen-bond donors (Lipinski definition) is 2. The average Bonchev–Trinajstić information content (AvgIpc) is 2.66. The van der Waals surface area contributed by atoms with Crippen molar-refractivity contribution in [1.82, 2.24) is 4.90 Å². The molecule has 0 unspecified atom stereocenters. The molecule has 0 radical (unpaired) electrons. The number of nitrogens with zero attached hydrogens (tertiary/aromatic N) is 1. The highest BCUT2D eigenvalue weighted by molar-refractivity contribution is 5.95. The summed E-state index contributed by atoms with van der Waals surface area (Å²) in [4.78, 5) is 14.5. The van der Waals surface area contributed by atoms with E-state index in [1.807, 2.05) is 30.3 Å². The summed E-state index contributed by atoms with van der Waals surface area (Å²) >= 11 is 0. The van der Waals surface area contributed by atoms with Crippen LogP contribution in [0.5, 0.6) is 5.75 Å². The summed E-state index contributed by atoms with van der Waals surface area (Å²) in [6, 6.07) is 14.8. The van der Waals surface area contributed by atoms with Crippen LogP contribution >= 0.6 is 0 Å². The van der Waals surface area contributed by atoms with Crippen LogP contribution < -0.4 is 10.5 Å². The van der Waals surface area contributed by atoms with Crippen molar-refractivity contribution in [1.29, 1.82) is 0 Å². The zero-order valence-corrected chi connectivity index (χ0v) is 14.2. The molecule has 5 nitrogen and oxygen atoms in total. The summed E-state index contributed by atoms with van der Waals surface area (Å²) < 4.78 is 5.27. The lowest BCUT2D eigenvalue weighted by molar-refractivity contribution is 0.0708. The van der Waals surface area contributed by atoms with Gasteiger partial charge < -0.3 is 20.5 Å². The van der Waals surface area contributed by atoms with Crippen LogP contribution in [0, 0.1) is 11.8 Å². The van der Waals surface area contributed by atoms with E-state index in [2.05, 4.69) is 11.8 Å². The second-order valence-electron chi connectivity index (χ2n) is 5.36. The molecule has 0 fully saturated rings. The highest BCUT2D eigenvalue weighted by atomic mass is 16.5. The Bertz CT molecular complexity index is 764. The van der Waals surface area contributed by atoms with Crippen LogP contribution in [-0.4, -0.2) is 42.7 Å². The molecule has 1 amide bonds. The quantitative estimate of drug-likeness (QED) is 0.785. The minimum Gasteiger partial charge on any atom is -0.495 e. The topological polar surface area (TPSA) is 75.8 Å². The number of aliphatic hydroxyl groups excluding tert-OH is 1. The average molecular weight is 338 g/mol. The Balaban J connectivity index is 2.29. The van der Waals surface area contributed by atoms with Crippen LogP contribution in [0.4, 0.5) is 0 Å². The molecule has 130 valence electrons. The molecule has 5 heteroatoms. The highest BCUT2D eigenvalue weighted by Crippen LogP contribution is 2.20. The number of carbonyl (C=O) groups excluding carboxylic acids is 1. The number of rotatable bonds is 6. The molecule has 0 aliphatic carbocycles.